The summed E-state index contributed by atoms with van der Waals surface area (Å²) in [5.41, 5.74) is 17.7. The highest BCUT2D eigenvalue weighted by Gasteiger charge is 2.57. The lowest BCUT2D eigenvalue weighted by Gasteiger charge is -2.59. The molecule has 0 radical (unpaired) electrons. The molecule has 2 heteroatoms. The van der Waals surface area contributed by atoms with Gasteiger partial charge in [-0.05, 0) is 131 Å². The van der Waals surface area contributed by atoms with Gasteiger partial charge in [-0.2, -0.15) is 0 Å². The van der Waals surface area contributed by atoms with Gasteiger partial charge in [0, 0.05) is 22.9 Å². The summed E-state index contributed by atoms with van der Waals surface area (Å²) in [4.78, 5) is 2.74. The van der Waals surface area contributed by atoms with E-state index in [-0.39, 0.29) is 23.1 Å². The van der Waals surface area contributed by atoms with Crippen molar-refractivity contribution in [3.8, 4) is 22.3 Å². The lowest BCUT2D eigenvalue weighted by molar-refractivity contribution is 0.0602. The van der Waals surface area contributed by atoms with Gasteiger partial charge in [0.1, 0.15) is 0 Å². The Kier molecular flexibility index (Phi) is 6.73. The molecule has 0 aromatic heterocycles. The third-order valence-electron chi connectivity index (χ3n) is 14.6. The van der Waals surface area contributed by atoms with Gasteiger partial charge in [-0.1, -0.05) is 157 Å². The van der Waals surface area contributed by atoms with Crippen molar-refractivity contribution in [1.29, 1.82) is 0 Å². The van der Waals surface area contributed by atoms with Gasteiger partial charge in [0.25, 0.3) is 0 Å². The molecule has 0 amide bonds. The first-order valence-electron chi connectivity index (χ1n) is 20.4. The molecule has 1 fully saturated rings. The highest BCUT2D eigenvalue weighted by atomic mass is 15.1. The Morgan fingerprint density at radius 3 is 2.09 bits per heavy atom. The zero-order chi connectivity index (χ0) is 36.6. The van der Waals surface area contributed by atoms with E-state index in [1.807, 2.05) is 0 Å². The smallest absolute Gasteiger partial charge is 0.329 e. The molecule has 4 aliphatic rings. The molecule has 2 aliphatic carbocycles. The van der Waals surface area contributed by atoms with Gasteiger partial charge in [0.2, 0.25) is 0 Å². The fourth-order valence-corrected chi connectivity index (χ4v) is 11.5. The second kappa shape index (κ2) is 11.2. The Bertz CT molecular complexity index is 2670. The topological polar surface area (TPSA) is 3.24 Å². The van der Waals surface area contributed by atoms with E-state index in [2.05, 4.69) is 173 Å². The first-order valence-corrected chi connectivity index (χ1v) is 20.4. The minimum Gasteiger partial charge on any atom is -0.376 e. The van der Waals surface area contributed by atoms with E-state index in [1.54, 1.807) is 16.7 Å². The highest BCUT2D eigenvalue weighted by Crippen LogP contribution is 2.63. The van der Waals surface area contributed by atoms with Crippen molar-refractivity contribution in [2.45, 2.75) is 83.5 Å². The number of rotatable bonds is 2. The molecular formula is C52H48BN. The quantitative estimate of drug-likeness (QED) is 0.163. The predicted octanol–water partition coefficient (Wildman–Crippen LogP) is 12.6. The average Bonchev–Trinajstić information content (AvgIpc) is 3.19. The molecule has 7 aromatic carbocycles. The summed E-state index contributed by atoms with van der Waals surface area (Å²) < 4.78 is 0. The van der Waals surface area contributed by atoms with Crippen LogP contribution in [-0.4, -0.2) is 6.85 Å². The van der Waals surface area contributed by atoms with Crippen LogP contribution in [0.5, 0.6) is 0 Å². The molecule has 1 nitrogen and oxygen atoms in total. The maximum Gasteiger partial charge on any atom is 0.329 e. The van der Waals surface area contributed by atoms with Crippen molar-refractivity contribution in [1.82, 2.24) is 0 Å². The number of hydrogen-bond acceptors (Lipinski definition) is 1. The second-order valence-corrected chi connectivity index (χ2v) is 18.5. The summed E-state index contributed by atoms with van der Waals surface area (Å²) in [5.74, 6) is 0.374. The lowest BCUT2D eigenvalue weighted by Crippen LogP contribution is -2.64. The van der Waals surface area contributed by atoms with Crippen LogP contribution >= 0.6 is 0 Å². The average molecular weight is 698 g/mol. The van der Waals surface area contributed by atoms with Crippen molar-refractivity contribution in [2.75, 3.05) is 4.81 Å². The summed E-state index contributed by atoms with van der Waals surface area (Å²) >= 11 is 0. The fraction of sp³-hybridized carbons (Fsp3) is 0.269. The molecule has 264 valence electrons. The van der Waals surface area contributed by atoms with Crippen LogP contribution in [0.2, 0.25) is 0 Å². The van der Waals surface area contributed by atoms with Crippen LogP contribution in [0.15, 0.2) is 133 Å². The minimum absolute atomic E-state index is 0.0251. The van der Waals surface area contributed by atoms with E-state index in [0.29, 0.717) is 5.92 Å². The molecule has 0 N–H and O–H groups in total. The first kappa shape index (κ1) is 32.4. The van der Waals surface area contributed by atoms with E-state index in [9.17, 15) is 0 Å². The van der Waals surface area contributed by atoms with Gasteiger partial charge in [-0.25, -0.2) is 0 Å². The monoisotopic (exact) mass is 697 g/mol. The standard InChI is InChI=1S/C52H48BN/c1-50(2,3)38-30-44-48-43(32-51(4)25-13-14-26-52(44,51)5)41-28-37-19-11-12-20-40(37)47-42-27-35-17-9-10-18-36(35)29-46(42)54(53(49(41)47)45(48)31-38)39-23-21-34(22-24-39)33-15-7-6-8-16-33/h6-12,15-24,27-31,43H,13-14,25-26,32H2,1-5H3. The van der Waals surface area contributed by atoms with Crippen LogP contribution in [0, 0.1) is 5.41 Å². The van der Waals surface area contributed by atoms with Gasteiger partial charge in [0.15, 0.2) is 0 Å². The molecule has 3 unspecified atom stereocenters. The molecule has 1 saturated carbocycles. The normalized spacial score (nSPS) is 22.4. The third kappa shape index (κ3) is 4.40. The van der Waals surface area contributed by atoms with E-state index in [4.69, 9.17) is 0 Å². The molecular weight excluding hydrogens is 649 g/mol. The lowest BCUT2D eigenvalue weighted by atomic mass is 9.36. The molecule has 2 aliphatic heterocycles. The van der Waals surface area contributed by atoms with Crippen LogP contribution in [0.25, 0.3) is 43.8 Å². The molecule has 2 heterocycles. The summed E-state index contributed by atoms with van der Waals surface area (Å²) in [6.45, 7) is 12.6. The molecule has 0 saturated heterocycles. The minimum atomic E-state index is 0.0251. The van der Waals surface area contributed by atoms with E-state index >= 15 is 0 Å². The van der Waals surface area contributed by atoms with Gasteiger partial charge < -0.3 is 4.81 Å². The summed E-state index contributed by atoms with van der Waals surface area (Å²) in [6, 6.07) is 51.4. The Morgan fingerprint density at radius 1 is 0.667 bits per heavy atom. The van der Waals surface area contributed by atoms with Crippen molar-refractivity contribution < 1.29 is 0 Å². The maximum absolute atomic E-state index is 2.74. The maximum atomic E-state index is 2.74. The SMILES string of the molecule is CC(C)(C)c1cc2c3c(c1)C1(C)CCCCC1(C)CC3c1cc3ccccc3c3c1B2N(c1ccc(-c2ccccc2)cc1)c1cc2ccccc2cc1-3. The van der Waals surface area contributed by atoms with Crippen molar-refractivity contribution in [3.05, 3.63) is 156 Å². The number of hydrogen-bond donors (Lipinski definition) is 0. The summed E-state index contributed by atoms with van der Waals surface area (Å²) in [7, 11) is 0. The molecule has 54 heavy (non-hydrogen) atoms. The van der Waals surface area contributed by atoms with Gasteiger partial charge in [-0.3, -0.25) is 0 Å². The van der Waals surface area contributed by atoms with E-state index < -0.39 is 0 Å². The zero-order valence-electron chi connectivity index (χ0n) is 32.3. The van der Waals surface area contributed by atoms with Crippen LogP contribution in [0.4, 0.5) is 11.4 Å². The van der Waals surface area contributed by atoms with Crippen molar-refractivity contribution >= 4 is 50.7 Å². The highest BCUT2D eigenvalue weighted by molar-refractivity contribution is 6.92. The Morgan fingerprint density at radius 2 is 1.33 bits per heavy atom. The van der Waals surface area contributed by atoms with Crippen LogP contribution < -0.4 is 15.7 Å². The summed E-state index contributed by atoms with van der Waals surface area (Å²) in [5, 5.41) is 5.32. The predicted molar refractivity (Wildman–Crippen MR) is 231 cm³/mol. The molecule has 11 rings (SSSR count). The van der Waals surface area contributed by atoms with Gasteiger partial charge in [0.05, 0.1) is 0 Å². The van der Waals surface area contributed by atoms with Crippen LogP contribution in [0.1, 0.15) is 94.9 Å². The number of fused-ring (bicyclic) bond motifs is 9. The van der Waals surface area contributed by atoms with Gasteiger partial charge in [-0.15, -0.1) is 0 Å². The number of anilines is 2. The Hall–Kier alpha value is -5.08. The Balaban J connectivity index is 1.28. The zero-order valence-corrected chi connectivity index (χ0v) is 32.3. The molecule has 0 spiro atoms. The second-order valence-electron chi connectivity index (χ2n) is 18.5. The third-order valence-corrected chi connectivity index (χ3v) is 14.6. The molecule has 3 atom stereocenters. The van der Waals surface area contributed by atoms with Crippen LogP contribution in [0.3, 0.4) is 0 Å². The van der Waals surface area contributed by atoms with Crippen molar-refractivity contribution in [2.24, 2.45) is 5.41 Å². The number of nitrogens with zero attached hydrogens (tertiary/aromatic N) is 1. The Labute approximate surface area is 321 Å². The number of benzene rings is 7. The summed E-state index contributed by atoms with van der Waals surface area (Å²) in [6.07, 6.45) is 6.46. The first-order chi connectivity index (χ1) is 26.1. The largest absolute Gasteiger partial charge is 0.376 e. The van der Waals surface area contributed by atoms with Crippen LogP contribution in [-0.2, 0) is 10.8 Å². The van der Waals surface area contributed by atoms with E-state index in [1.165, 1.54) is 104 Å². The van der Waals surface area contributed by atoms with Gasteiger partial charge >= 0.3 is 6.85 Å². The fourth-order valence-electron chi connectivity index (χ4n) is 11.5. The molecule has 0 bridgehead atoms. The van der Waals surface area contributed by atoms with E-state index in [0.717, 1.165) is 0 Å². The van der Waals surface area contributed by atoms with Crippen molar-refractivity contribution in [3.63, 3.8) is 0 Å². The molecule has 7 aromatic rings.